The molecule has 3 amide bonds. The second kappa shape index (κ2) is 11.8. The van der Waals surface area contributed by atoms with Crippen molar-refractivity contribution in [3.8, 4) is 0 Å². The lowest BCUT2D eigenvalue weighted by molar-refractivity contribution is -0.140. The predicted molar refractivity (Wildman–Crippen MR) is 153 cm³/mol. The van der Waals surface area contributed by atoms with Crippen LogP contribution >= 0.6 is 34.8 Å². The maximum atomic E-state index is 15.1. The molecular weight excluding hydrogens is 675 g/mol. The number of amides is 3. The van der Waals surface area contributed by atoms with Crippen LogP contribution in [-0.4, -0.2) is 27.8 Å². The van der Waals surface area contributed by atoms with Crippen molar-refractivity contribution < 1.29 is 45.5 Å². The van der Waals surface area contributed by atoms with E-state index in [1.807, 2.05) is 0 Å². The van der Waals surface area contributed by atoms with Crippen LogP contribution in [0.15, 0.2) is 48.5 Å². The van der Waals surface area contributed by atoms with Crippen molar-refractivity contribution >= 4 is 75.4 Å². The standard InChI is InChI=1S/C29H18Cl3F6N3O4/c30-17-3-2-13(39-27(45)22-21(28(22,31)32)11-1-4-18(33)16(9-11)29(36,37)38)10-15(17)26(44)40-20-6-5-19(34)24(23(20)35)41-25(43)12-7-14(42)8-12/h1-6,9-10,12,21-22H,7-8H2,(H,39,45)(H,40,44)(H,41,43)/t21-,22+/m0/s1. The highest BCUT2D eigenvalue weighted by molar-refractivity contribution is 6.53. The van der Waals surface area contributed by atoms with Crippen molar-refractivity contribution in [3.63, 3.8) is 0 Å². The Bertz CT molecular complexity index is 1760. The minimum absolute atomic E-state index is 0.0259. The van der Waals surface area contributed by atoms with Gasteiger partial charge in [0.1, 0.15) is 27.4 Å². The lowest BCUT2D eigenvalue weighted by Gasteiger charge is -2.23. The molecule has 3 aromatic rings. The fraction of sp³-hybridized carbons (Fsp3) is 0.241. The summed E-state index contributed by atoms with van der Waals surface area (Å²) in [6, 6.07) is 7.46. The lowest BCUT2D eigenvalue weighted by atomic mass is 9.83. The Hall–Kier alpha value is -3.81. The van der Waals surface area contributed by atoms with Crippen LogP contribution in [0.3, 0.4) is 0 Å². The van der Waals surface area contributed by atoms with Gasteiger partial charge in [-0.05, 0) is 48.0 Å². The van der Waals surface area contributed by atoms with Crippen LogP contribution in [0.5, 0.6) is 0 Å². The van der Waals surface area contributed by atoms with Gasteiger partial charge < -0.3 is 16.0 Å². The number of halogens is 9. The van der Waals surface area contributed by atoms with Crippen molar-refractivity contribution in [1.29, 1.82) is 0 Å². The SMILES string of the molecule is O=C1CC(C(=O)Nc2c(F)ccc(NC(=O)c3cc(NC(=O)[C@H]4[C@H](c5ccc(F)c(C(F)(F)F)c5)C4(Cl)Cl)ccc3Cl)c2F)C1. The molecule has 2 aliphatic carbocycles. The van der Waals surface area contributed by atoms with E-state index in [0.717, 1.165) is 24.3 Å². The molecule has 3 aromatic carbocycles. The summed E-state index contributed by atoms with van der Waals surface area (Å²) in [5.41, 5.74) is -3.34. The quantitative estimate of drug-likeness (QED) is 0.177. The molecular formula is C29H18Cl3F6N3O4. The van der Waals surface area contributed by atoms with E-state index in [0.29, 0.717) is 12.1 Å². The zero-order valence-electron chi connectivity index (χ0n) is 22.3. The topological polar surface area (TPSA) is 104 Å². The van der Waals surface area contributed by atoms with Crippen molar-refractivity contribution in [2.75, 3.05) is 16.0 Å². The van der Waals surface area contributed by atoms with Gasteiger partial charge in [-0.25, -0.2) is 13.2 Å². The second-order valence-electron chi connectivity index (χ2n) is 10.4. The van der Waals surface area contributed by atoms with E-state index in [1.54, 1.807) is 0 Å². The van der Waals surface area contributed by atoms with Gasteiger partial charge in [0.05, 0.1) is 33.7 Å². The zero-order valence-corrected chi connectivity index (χ0v) is 24.6. The molecule has 2 atom stereocenters. The van der Waals surface area contributed by atoms with Crippen molar-refractivity contribution in [1.82, 2.24) is 0 Å². The third-order valence-corrected chi connectivity index (χ3v) is 8.65. The molecule has 2 fully saturated rings. The Kier molecular flexibility index (Phi) is 8.58. The Morgan fingerprint density at radius 3 is 2.16 bits per heavy atom. The molecule has 2 aliphatic rings. The van der Waals surface area contributed by atoms with Crippen molar-refractivity contribution in [2.45, 2.75) is 29.3 Å². The number of alkyl halides is 5. The van der Waals surface area contributed by atoms with Gasteiger partial charge in [0.2, 0.25) is 11.8 Å². The molecule has 45 heavy (non-hydrogen) atoms. The molecule has 16 heteroatoms. The molecule has 0 heterocycles. The first-order chi connectivity index (χ1) is 21.0. The normalized spacial score (nSPS) is 19.0. The summed E-state index contributed by atoms with van der Waals surface area (Å²) in [5, 5.41) is 6.59. The molecule has 0 aliphatic heterocycles. The maximum absolute atomic E-state index is 15.1. The number of benzene rings is 3. The van der Waals surface area contributed by atoms with E-state index in [1.165, 1.54) is 12.1 Å². The van der Waals surface area contributed by atoms with Crippen LogP contribution in [0.1, 0.15) is 40.2 Å². The van der Waals surface area contributed by atoms with Gasteiger partial charge >= 0.3 is 6.18 Å². The van der Waals surface area contributed by atoms with E-state index < -0.39 is 80.4 Å². The number of Topliss-reactive ketones (excluding diaryl/α,β-unsaturated/α-hetero) is 1. The second-order valence-corrected chi connectivity index (χ2v) is 12.3. The highest BCUT2D eigenvalue weighted by Crippen LogP contribution is 2.65. The molecule has 7 nitrogen and oxygen atoms in total. The van der Waals surface area contributed by atoms with E-state index in [-0.39, 0.29) is 40.5 Å². The Labute approximate surface area is 265 Å². The minimum atomic E-state index is -5.00. The monoisotopic (exact) mass is 691 g/mol. The summed E-state index contributed by atoms with van der Waals surface area (Å²) >= 11 is 18.6. The van der Waals surface area contributed by atoms with Gasteiger partial charge in [0.25, 0.3) is 5.91 Å². The largest absolute Gasteiger partial charge is 0.419 e. The number of carbonyl (C=O) groups excluding carboxylic acids is 4. The summed E-state index contributed by atoms with van der Waals surface area (Å²) in [4.78, 5) is 49.4. The van der Waals surface area contributed by atoms with Crippen LogP contribution in [-0.2, 0) is 20.6 Å². The lowest BCUT2D eigenvalue weighted by Crippen LogP contribution is -2.35. The smallest absolute Gasteiger partial charge is 0.326 e. The molecule has 0 aromatic heterocycles. The van der Waals surface area contributed by atoms with Crippen LogP contribution in [0.4, 0.5) is 43.4 Å². The highest BCUT2D eigenvalue weighted by atomic mass is 35.5. The van der Waals surface area contributed by atoms with E-state index in [9.17, 15) is 41.1 Å². The van der Waals surface area contributed by atoms with Gasteiger partial charge in [-0.3, -0.25) is 19.2 Å². The molecule has 3 N–H and O–H groups in total. The summed E-state index contributed by atoms with van der Waals surface area (Å²) in [6.07, 6.45) is -5.11. The van der Waals surface area contributed by atoms with Gasteiger partial charge in [-0.15, -0.1) is 23.2 Å². The van der Waals surface area contributed by atoms with Crippen molar-refractivity contribution in [2.24, 2.45) is 11.8 Å². The van der Waals surface area contributed by atoms with Crippen LogP contribution < -0.4 is 16.0 Å². The zero-order chi connectivity index (χ0) is 33.0. The number of hydrogen-bond donors (Lipinski definition) is 3. The third kappa shape index (κ3) is 6.47. The summed E-state index contributed by atoms with van der Waals surface area (Å²) < 4.78 is 80.9. The predicted octanol–water partition coefficient (Wildman–Crippen LogP) is 7.47. The fourth-order valence-corrected chi connectivity index (χ4v) is 5.90. The Morgan fingerprint density at radius 1 is 0.844 bits per heavy atom. The van der Waals surface area contributed by atoms with E-state index in [4.69, 9.17) is 34.8 Å². The molecule has 5 rings (SSSR count). The number of anilines is 3. The Balaban J connectivity index is 1.31. The molecule has 0 unspecified atom stereocenters. The first-order valence-corrected chi connectivity index (χ1v) is 14.1. The van der Waals surface area contributed by atoms with Gasteiger partial charge in [-0.1, -0.05) is 17.7 Å². The average molecular weight is 693 g/mol. The number of hydrogen-bond acceptors (Lipinski definition) is 4. The first-order valence-electron chi connectivity index (χ1n) is 13.0. The summed E-state index contributed by atoms with van der Waals surface area (Å²) in [7, 11) is 0. The number of rotatable bonds is 7. The van der Waals surface area contributed by atoms with E-state index >= 15 is 4.39 Å². The van der Waals surface area contributed by atoms with Crippen molar-refractivity contribution in [3.05, 3.63) is 87.7 Å². The van der Waals surface area contributed by atoms with Crippen LogP contribution in [0.2, 0.25) is 5.02 Å². The molecule has 0 bridgehead atoms. The van der Waals surface area contributed by atoms with Gasteiger partial charge in [0.15, 0.2) is 5.82 Å². The summed E-state index contributed by atoms with van der Waals surface area (Å²) in [6.45, 7) is 0. The van der Waals surface area contributed by atoms with Gasteiger partial charge in [0, 0.05) is 24.4 Å². The van der Waals surface area contributed by atoms with Crippen LogP contribution in [0.25, 0.3) is 0 Å². The third-order valence-electron chi connectivity index (χ3n) is 7.38. The molecule has 236 valence electrons. The molecule has 0 spiro atoms. The fourth-order valence-electron chi connectivity index (χ4n) is 4.87. The number of carbonyl (C=O) groups is 4. The molecule has 0 saturated heterocycles. The number of nitrogens with one attached hydrogen (secondary N) is 3. The average Bonchev–Trinajstić information content (AvgIpc) is 3.52. The van der Waals surface area contributed by atoms with Gasteiger partial charge in [-0.2, -0.15) is 13.2 Å². The Morgan fingerprint density at radius 2 is 1.51 bits per heavy atom. The van der Waals surface area contributed by atoms with E-state index in [2.05, 4.69) is 16.0 Å². The summed E-state index contributed by atoms with van der Waals surface area (Å²) in [5.74, 6) is -9.83. The minimum Gasteiger partial charge on any atom is -0.326 e. The van der Waals surface area contributed by atoms with Crippen LogP contribution in [0, 0.1) is 29.3 Å². The first kappa shape index (κ1) is 32.6. The highest BCUT2D eigenvalue weighted by Gasteiger charge is 2.67. The maximum Gasteiger partial charge on any atom is 0.419 e. The molecule has 0 radical (unpaired) electrons. The number of ketones is 1. The molecule has 2 saturated carbocycles.